The summed E-state index contributed by atoms with van der Waals surface area (Å²) in [5, 5.41) is 3.17. The van der Waals surface area contributed by atoms with Crippen LogP contribution in [0.1, 0.15) is 38.5 Å². The summed E-state index contributed by atoms with van der Waals surface area (Å²) in [5.74, 6) is 1.84. The number of rotatable bonds is 6. The van der Waals surface area contributed by atoms with Gasteiger partial charge in [0.15, 0.2) is 9.84 Å². The van der Waals surface area contributed by atoms with Gasteiger partial charge in [-0.2, -0.15) is 0 Å². The maximum absolute atomic E-state index is 12.0. The van der Waals surface area contributed by atoms with Crippen LogP contribution < -0.4 is 5.32 Å². The molecular weight excluding hydrogens is 222 g/mol. The molecule has 2 aliphatic carbocycles. The average molecular weight is 245 g/mol. The van der Waals surface area contributed by atoms with Crippen LogP contribution >= 0.6 is 0 Å². The number of sulfone groups is 1. The van der Waals surface area contributed by atoms with Gasteiger partial charge in [-0.25, -0.2) is 8.42 Å². The molecular formula is C12H23NO2S. The van der Waals surface area contributed by atoms with Crippen LogP contribution in [0.25, 0.3) is 0 Å². The van der Waals surface area contributed by atoms with Crippen LogP contribution in [0.5, 0.6) is 0 Å². The van der Waals surface area contributed by atoms with Crippen molar-refractivity contribution in [3.63, 3.8) is 0 Å². The molecule has 1 N–H and O–H groups in total. The predicted molar refractivity (Wildman–Crippen MR) is 66.2 cm³/mol. The number of nitrogens with one attached hydrogen (secondary N) is 1. The highest BCUT2D eigenvalue weighted by molar-refractivity contribution is 7.91. The Bertz CT molecular complexity index is 316. The zero-order valence-corrected chi connectivity index (χ0v) is 10.9. The molecule has 2 aliphatic rings. The third-order valence-corrected chi connectivity index (χ3v) is 5.81. The first-order valence-electron chi connectivity index (χ1n) is 6.48. The van der Waals surface area contributed by atoms with Gasteiger partial charge in [0.1, 0.15) is 0 Å². The summed E-state index contributed by atoms with van der Waals surface area (Å²) in [5.41, 5.74) is 0. The smallest absolute Gasteiger partial charge is 0.152 e. The highest BCUT2D eigenvalue weighted by atomic mass is 32.2. The van der Waals surface area contributed by atoms with Crippen LogP contribution in [-0.4, -0.2) is 33.0 Å². The van der Waals surface area contributed by atoms with Crippen LogP contribution in [-0.2, 0) is 9.84 Å². The van der Waals surface area contributed by atoms with Crippen LogP contribution in [0.3, 0.4) is 0 Å². The highest BCUT2D eigenvalue weighted by Crippen LogP contribution is 2.33. The third kappa shape index (κ3) is 3.45. The summed E-state index contributed by atoms with van der Waals surface area (Å²) in [6, 6.07) is 0.200. The van der Waals surface area contributed by atoms with Crippen LogP contribution in [0.4, 0.5) is 0 Å². The van der Waals surface area contributed by atoms with E-state index in [0.29, 0.717) is 23.3 Å². The maximum Gasteiger partial charge on any atom is 0.152 e. The molecule has 0 spiro atoms. The predicted octanol–water partition coefficient (Wildman–Crippen LogP) is 1.59. The average Bonchev–Trinajstić information content (AvgIpc) is 2.95. The van der Waals surface area contributed by atoms with E-state index in [1.54, 1.807) is 0 Å². The minimum absolute atomic E-state index is 0.200. The van der Waals surface area contributed by atoms with E-state index in [0.717, 1.165) is 12.8 Å². The monoisotopic (exact) mass is 245 g/mol. The van der Waals surface area contributed by atoms with E-state index in [9.17, 15) is 8.42 Å². The summed E-state index contributed by atoms with van der Waals surface area (Å²) in [6.45, 7) is 0. The van der Waals surface area contributed by atoms with Crippen LogP contribution in [0.2, 0.25) is 0 Å². The Kier molecular flexibility index (Phi) is 3.90. The SMILES string of the molecule is CNC(CS(=O)(=O)CC1CCCC1)C1CC1. The van der Waals surface area contributed by atoms with Crippen LogP contribution in [0.15, 0.2) is 0 Å². The van der Waals surface area contributed by atoms with Gasteiger partial charge < -0.3 is 5.32 Å². The highest BCUT2D eigenvalue weighted by Gasteiger charge is 2.34. The minimum atomic E-state index is -2.84. The largest absolute Gasteiger partial charge is 0.316 e. The van der Waals surface area contributed by atoms with Crippen molar-refractivity contribution in [1.82, 2.24) is 5.32 Å². The van der Waals surface area contributed by atoms with E-state index in [2.05, 4.69) is 5.32 Å². The Morgan fingerprint density at radius 3 is 2.31 bits per heavy atom. The molecule has 16 heavy (non-hydrogen) atoms. The van der Waals surface area contributed by atoms with Gasteiger partial charge in [-0.1, -0.05) is 12.8 Å². The molecule has 0 aromatic rings. The van der Waals surface area contributed by atoms with Crippen molar-refractivity contribution in [1.29, 1.82) is 0 Å². The summed E-state index contributed by atoms with van der Waals surface area (Å²) in [6.07, 6.45) is 7.07. The van der Waals surface area contributed by atoms with Crippen molar-refractivity contribution in [2.24, 2.45) is 11.8 Å². The first kappa shape index (κ1) is 12.4. The van der Waals surface area contributed by atoms with E-state index < -0.39 is 9.84 Å². The normalized spacial score (nSPS) is 24.8. The topological polar surface area (TPSA) is 46.2 Å². The minimum Gasteiger partial charge on any atom is -0.316 e. The molecule has 0 bridgehead atoms. The maximum atomic E-state index is 12.0. The molecule has 2 fully saturated rings. The Labute approximate surface area is 98.9 Å². The van der Waals surface area contributed by atoms with E-state index in [4.69, 9.17) is 0 Å². The summed E-state index contributed by atoms with van der Waals surface area (Å²) in [7, 11) is -0.961. The lowest BCUT2D eigenvalue weighted by Gasteiger charge is -2.17. The molecule has 0 heterocycles. The lowest BCUT2D eigenvalue weighted by atomic mass is 10.1. The van der Waals surface area contributed by atoms with Gasteiger partial charge in [0.05, 0.1) is 11.5 Å². The van der Waals surface area contributed by atoms with Crippen LogP contribution in [0, 0.1) is 11.8 Å². The molecule has 0 saturated heterocycles. The molecule has 94 valence electrons. The molecule has 0 aromatic carbocycles. The van der Waals surface area contributed by atoms with Crippen molar-refractivity contribution in [3.8, 4) is 0 Å². The van der Waals surface area contributed by atoms with Gasteiger partial charge in [0.25, 0.3) is 0 Å². The standard InChI is InChI=1S/C12H23NO2S/c1-13-12(11-6-7-11)9-16(14,15)8-10-4-2-3-5-10/h10-13H,2-9H2,1H3. The lowest BCUT2D eigenvalue weighted by Crippen LogP contribution is -2.36. The molecule has 0 aliphatic heterocycles. The van der Waals surface area contributed by atoms with Gasteiger partial charge in [-0.15, -0.1) is 0 Å². The second kappa shape index (κ2) is 5.05. The summed E-state index contributed by atoms with van der Waals surface area (Å²) < 4.78 is 24.1. The van der Waals surface area contributed by atoms with E-state index >= 15 is 0 Å². The zero-order valence-electron chi connectivity index (χ0n) is 10.1. The molecule has 4 heteroatoms. The van der Waals surface area contributed by atoms with E-state index in [-0.39, 0.29) is 6.04 Å². The van der Waals surface area contributed by atoms with Crippen molar-refractivity contribution in [2.45, 2.75) is 44.6 Å². The van der Waals surface area contributed by atoms with Gasteiger partial charge in [-0.3, -0.25) is 0 Å². The van der Waals surface area contributed by atoms with Crippen molar-refractivity contribution < 1.29 is 8.42 Å². The fourth-order valence-electron chi connectivity index (χ4n) is 2.83. The summed E-state index contributed by atoms with van der Waals surface area (Å²) in [4.78, 5) is 0. The number of hydrogen-bond donors (Lipinski definition) is 1. The lowest BCUT2D eigenvalue weighted by molar-refractivity contribution is 0.516. The Balaban J connectivity index is 1.85. The molecule has 1 atom stereocenters. The first-order chi connectivity index (χ1) is 7.61. The van der Waals surface area contributed by atoms with Gasteiger partial charge in [0, 0.05) is 6.04 Å². The zero-order chi connectivity index (χ0) is 11.6. The van der Waals surface area contributed by atoms with E-state index in [1.807, 2.05) is 7.05 Å². The molecule has 1 unspecified atom stereocenters. The van der Waals surface area contributed by atoms with E-state index in [1.165, 1.54) is 25.7 Å². The third-order valence-electron chi connectivity index (χ3n) is 3.96. The fourth-order valence-corrected chi connectivity index (χ4v) is 5.01. The molecule has 3 nitrogen and oxygen atoms in total. The quantitative estimate of drug-likeness (QED) is 0.773. The van der Waals surface area contributed by atoms with Crippen molar-refractivity contribution >= 4 is 9.84 Å². The molecule has 0 radical (unpaired) electrons. The Morgan fingerprint density at radius 1 is 1.19 bits per heavy atom. The van der Waals surface area contributed by atoms with Crippen molar-refractivity contribution in [3.05, 3.63) is 0 Å². The van der Waals surface area contributed by atoms with Gasteiger partial charge in [0.2, 0.25) is 0 Å². The molecule has 2 saturated carbocycles. The summed E-state index contributed by atoms with van der Waals surface area (Å²) >= 11 is 0. The fraction of sp³-hybridized carbons (Fsp3) is 1.00. The Hall–Kier alpha value is -0.0900. The first-order valence-corrected chi connectivity index (χ1v) is 8.30. The number of hydrogen-bond acceptors (Lipinski definition) is 3. The van der Waals surface area contributed by atoms with Gasteiger partial charge >= 0.3 is 0 Å². The molecule has 0 aromatic heterocycles. The molecule has 2 rings (SSSR count). The Morgan fingerprint density at radius 2 is 1.81 bits per heavy atom. The van der Waals surface area contributed by atoms with Crippen molar-refractivity contribution in [2.75, 3.05) is 18.6 Å². The molecule has 0 amide bonds. The van der Waals surface area contributed by atoms with Gasteiger partial charge in [-0.05, 0) is 44.6 Å². The second-order valence-electron chi connectivity index (χ2n) is 5.46. The second-order valence-corrected chi connectivity index (χ2v) is 7.61.